The third-order valence-electron chi connectivity index (χ3n) is 6.27. The summed E-state index contributed by atoms with van der Waals surface area (Å²) in [6.07, 6.45) is -2.79. The van der Waals surface area contributed by atoms with Crippen LogP contribution < -0.4 is 25.2 Å². The number of ether oxygens (including phenoxy) is 2. The van der Waals surface area contributed by atoms with Gasteiger partial charge in [0.15, 0.2) is 0 Å². The second kappa shape index (κ2) is 10.8. The molecule has 2 aliphatic rings. The van der Waals surface area contributed by atoms with Gasteiger partial charge in [0.2, 0.25) is 11.8 Å². The van der Waals surface area contributed by atoms with Crippen LogP contribution in [0.3, 0.4) is 0 Å². The SMILES string of the molecule is CC(=O)Nc1cc(Oc2ccc3c(c2)CCN3C(=O)Nc2ccc(N3CCOCC3)c(C(F)(F)F)c2)ncn1. The summed E-state index contributed by atoms with van der Waals surface area (Å²) in [4.78, 5) is 35.4. The van der Waals surface area contributed by atoms with Crippen LogP contribution in [0, 0.1) is 0 Å². The van der Waals surface area contributed by atoms with Crippen LogP contribution in [-0.4, -0.2) is 54.8 Å². The van der Waals surface area contributed by atoms with Crippen molar-refractivity contribution in [1.82, 2.24) is 9.97 Å². The molecule has 13 heteroatoms. The van der Waals surface area contributed by atoms with E-state index in [4.69, 9.17) is 9.47 Å². The van der Waals surface area contributed by atoms with Crippen molar-refractivity contribution in [3.05, 3.63) is 59.9 Å². The van der Waals surface area contributed by atoms with Crippen molar-refractivity contribution in [3.8, 4) is 11.6 Å². The van der Waals surface area contributed by atoms with Gasteiger partial charge in [-0.05, 0) is 48.4 Å². The van der Waals surface area contributed by atoms with E-state index in [1.807, 2.05) is 0 Å². The van der Waals surface area contributed by atoms with Gasteiger partial charge in [0.05, 0.1) is 18.8 Å². The fourth-order valence-electron chi connectivity index (χ4n) is 4.53. The van der Waals surface area contributed by atoms with Crippen LogP contribution in [0.1, 0.15) is 18.1 Å². The zero-order chi connectivity index (χ0) is 27.6. The largest absolute Gasteiger partial charge is 0.439 e. The number of fused-ring (bicyclic) bond motifs is 1. The molecule has 39 heavy (non-hydrogen) atoms. The van der Waals surface area contributed by atoms with Crippen molar-refractivity contribution >= 4 is 34.8 Å². The highest BCUT2D eigenvalue weighted by Crippen LogP contribution is 2.39. The number of urea groups is 1. The maximum atomic E-state index is 13.9. The normalized spacial score (nSPS) is 15.1. The maximum Gasteiger partial charge on any atom is 0.418 e. The quantitative estimate of drug-likeness (QED) is 0.482. The monoisotopic (exact) mass is 542 g/mol. The van der Waals surface area contributed by atoms with Gasteiger partial charge in [0.25, 0.3) is 0 Å². The standard InChI is InChI=1S/C26H25F3N6O4/c1-16(36)32-23-14-24(31-15-30-23)39-19-3-5-21-17(12-19)6-7-35(21)25(37)33-18-2-4-22(20(13-18)26(27,28)29)34-8-10-38-11-9-34/h2-5,12-15H,6-11H2,1H3,(H,33,37)(H,30,31,32,36). The van der Waals surface area contributed by atoms with Crippen molar-refractivity contribution in [2.45, 2.75) is 19.5 Å². The minimum Gasteiger partial charge on any atom is -0.439 e. The number of carbonyl (C=O) groups excluding carboxylic acids is 2. The summed E-state index contributed by atoms with van der Waals surface area (Å²) in [6.45, 7) is 3.14. The lowest BCUT2D eigenvalue weighted by Crippen LogP contribution is -2.37. The molecule has 2 N–H and O–H groups in total. The Morgan fingerprint density at radius 1 is 0.974 bits per heavy atom. The predicted octanol–water partition coefficient (Wildman–Crippen LogP) is 4.68. The van der Waals surface area contributed by atoms with Gasteiger partial charge >= 0.3 is 12.2 Å². The fraction of sp³-hybridized carbons (Fsp3) is 0.308. The van der Waals surface area contributed by atoms with Gasteiger partial charge in [-0.3, -0.25) is 9.69 Å². The zero-order valence-corrected chi connectivity index (χ0v) is 20.9. The lowest BCUT2D eigenvalue weighted by Gasteiger charge is -2.31. The number of nitrogens with zero attached hydrogens (tertiary/aromatic N) is 4. The van der Waals surface area contributed by atoms with E-state index in [9.17, 15) is 22.8 Å². The van der Waals surface area contributed by atoms with Crippen LogP contribution in [-0.2, 0) is 22.1 Å². The number of alkyl halides is 3. The molecule has 0 unspecified atom stereocenters. The highest BCUT2D eigenvalue weighted by molar-refractivity contribution is 6.03. The number of hydrogen-bond acceptors (Lipinski definition) is 7. The van der Waals surface area contributed by atoms with E-state index < -0.39 is 17.8 Å². The van der Waals surface area contributed by atoms with Gasteiger partial charge < -0.3 is 25.0 Å². The zero-order valence-electron chi connectivity index (χ0n) is 20.9. The van der Waals surface area contributed by atoms with Gasteiger partial charge in [0.1, 0.15) is 17.9 Å². The van der Waals surface area contributed by atoms with Crippen LogP contribution in [0.15, 0.2) is 48.8 Å². The summed E-state index contributed by atoms with van der Waals surface area (Å²) in [6, 6.07) is 9.89. The van der Waals surface area contributed by atoms with Gasteiger partial charge in [-0.1, -0.05) is 0 Å². The van der Waals surface area contributed by atoms with Crippen LogP contribution in [0.5, 0.6) is 11.6 Å². The molecule has 1 fully saturated rings. The molecule has 204 valence electrons. The third-order valence-corrected chi connectivity index (χ3v) is 6.27. The number of benzene rings is 2. The first-order valence-electron chi connectivity index (χ1n) is 12.2. The Hall–Kier alpha value is -4.39. The van der Waals surface area contributed by atoms with Crippen LogP contribution >= 0.6 is 0 Å². The molecule has 2 aliphatic heterocycles. The van der Waals surface area contributed by atoms with E-state index in [2.05, 4.69) is 20.6 Å². The molecule has 3 heterocycles. The van der Waals surface area contributed by atoms with Crippen molar-refractivity contribution in [2.75, 3.05) is 53.3 Å². The topological polar surface area (TPSA) is 109 Å². The number of rotatable bonds is 5. The number of morpholine rings is 1. The fourth-order valence-corrected chi connectivity index (χ4v) is 4.53. The van der Waals surface area contributed by atoms with Crippen molar-refractivity contribution in [3.63, 3.8) is 0 Å². The lowest BCUT2D eigenvalue weighted by molar-refractivity contribution is -0.137. The maximum absolute atomic E-state index is 13.9. The molecule has 10 nitrogen and oxygen atoms in total. The average molecular weight is 543 g/mol. The number of carbonyl (C=O) groups is 2. The van der Waals surface area contributed by atoms with Crippen LogP contribution in [0.25, 0.3) is 0 Å². The van der Waals surface area contributed by atoms with E-state index in [1.165, 1.54) is 36.4 Å². The molecular weight excluding hydrogens is 517 g/mol. The molecular formula is C26H25F3N6O4. The van der Waals surface area contributed by atoms with Crippen LogP contribution in [0.2, 0.25) is 0 Å². The van der Waals surface area contributed by atoms with Gasteiger partial charge in [-0.25, -0.2) is 14.8 Å². The first kappa shape index (κ1) is 26.2. The Balaban J connectivity index is 1.30. The second-order valence-corrected chi connectivity index (χ2v) is 8.98. The molecule has 0 spiro atoms. The van der Waals surface area contributed by atoms with Gasteiger partial charge in [0, 0.05) is 49.7 Å². The third kappa shape index (κ3) is 6.03. The minimum atomic E-state index is -4.59. The number of hydrogen-bond donors (Lipinski definition) is 2. The second-order valence-electron chi connectivity index (χ2n) is 8.98. The van der Waals surface area contributed by atoms with Crippen molar-refractivity contribution in [2.24, 2.45) is 0 Å². The smallest absolute Gasteiger partial charge is 0.418 e. The molecule has 0 atom stereocenters. The molecule has 3 amide bonds. The van der Waals surface area contributed by atoms with E-state index in [0.29, 0.717) is 56.5 Å². The Morgan fingerprint density at radius 3 is 2.49 bits per heavy atom. The van der Waals surface area contributed by atoms with E-state index in [-0.39, 0.29) is 23.2 Å². The molecule has 2 aromatic carbocycles. The van der Waals surface area contributed by atoms with E-state index in [1.54, 1.807) is 23.1 Å². The molecule has 0 saturated carbocycles. The molecule has 0 aliphatic carbocycles. The average Bonchev–Trinajstić information content (AvgIpc) is 3.32. The number of nitrogens with one attached hydrogen (secondary N) is 2. The summed E-state index contributed by atoms with van der Waals surface area (Å²) in [5.74, 6) is 0.709. The van der Waals surface area contributed by atoms with Gasteiger partial charge in [-0.15, -0.1) is 0 Å². The lowest BCUT2D eigenvalue weighted by atomic mass is 10.1. The Morgan fingerprint density at radius 2 is 1.74 bits per heavy atom. The highest BCUT2D eigenvalue weighted by Gasteiger charge is 2.36. The molecule has 1 saturated heterocycles. The summed E-state index contributed by atoms with van der Waals surface area (Å²) in [7, 11) is 0. The van der Waals surface area contributed by atoms with E-state index in [0.717, 1.165) is 11.6 Å². The van der Waals surface area contributed by atoms with E-state index >= 15 is 0 Å². The van der Waals surface area contributed by atoms with Crippen molar-refractivity contribution in [1.29, 1.82) is 0 Å². The molecule has 3 aromatic rings. The summed E-state index contributed by atoms with van der Waals surface area (Å²) < 4.78 is 52.6. The molecule has 0 bridgehead atoms. The Bertz CT molecular complexity index is 1390. The Kier molecular flexibility index (Phi) is 7.24. The van der Waals surface area contributed by atoms with Crippen molar-refractivity contribution < 1.29 is 32.2 Å². The first-order valence-corrected chi connectivity index (χ1v) is 12.2. The van der Waals surface area contributed by atoms with Crippen LogP contribution in [0.4, 0.5) is 40.8 Å². The van der Waals surface area contributed by atoms with Gasteiger partial charge in [-0.2, -0.15) is 13.2 Å². The Labute approximate surface area is 221 Å². The highest BCUT2D eigenvalue weighted by atomic mass is 19.4. The number of anilines is 4. The first-order chi connectivity index (χ1) is 18.7. The number of aromatic nitrogens is 2. The number of halogens is 3. The number of amides is 3. The predicted molar refractivity (Wildman–Crippen MR) is 137 cm³/mol. The molecule has 0 radical (unpaired) electrons. The molecule has 1 aromatic heterocycles. The molecule has 5 rings (SSSR count). The summed E-state index contributed by atoms with van der Waals surface area (Å²) in [5, 5.41) is 5.16. The minimum absolute atomic E-state index is 0.0523. The summed E-state index contributed by atoms with van der Waals surface area (Å²) >= 11 is 0. The summed E-state index contributed by atoms with van der Waals surface area (Å²) in [5.41, 5.74) is 0.768.